The fraction of sp³-hybridized carbons (Fsp3) is 1.00. The molecule has 5 nitrogen and oxygen atoms in total. The molecule has 0 aromatic carbocycles. The molecule has 0 heterocycles. The first-order valence-electron chi connectivity index (χ1n) is 1.62. The molecule has 0 saturated heterocycles. The summed E-state index contributed by atoms with van der Waals surface area (Å²) in [6.07, 6.45) is 0. The largest absolute Gasteiger partial charge is 0.402 e. The fourth-order valence-corrected chi connectivity index (χ4v) is 0.994. The van der Waals surface area contributed by atoms with E-state index in [1.165, 1.54) is 0 Å². The van der Waals surface area contributed by atoms with Gasteiger partial charge in [-0.25, -0.2) is 5.26 Å². The average Bonchev–Trinajstić information content (AvgIpc) is 1.67. The molecule has 48 valence electrons. The molecular formula is CH5O5P2+. The van der Waals surface area contributed by atoms with Gasteiger partial charge in [-0.3, -0.25) is 4.57 Å². The van der Waals surface area contributed by atoms with E-state index in [1.54, 1.807) is 0 Å². The molecule has 2 unspecified atom stereocenters. The van der Waals surface area contributed by atoms with Gasteiger partial charge in [0.15, 0.2) is 0 Å². The molecule has 0 rings (SSSR count). The van der Waals surface area contributed by atoms with Gasteiger partial charge < -0.3 is 4.89 Å². The van der Waals surface area contributed by atoms with E-state index in [9.17, 15) is 9.13 Å². The molecule has 0 aliphatic heterocycles. The summed E-state index contributed by atoms with van der Waals surface area (Å²) in [6.45, 7) is 0. The minimum atomic E-state index is -3.92. The Morgan fingerprint density at radius 3 is 2.38 bits per heavy atom. The summed E-state index contributed by atoms with van der Waals surface area (Å²) in [7, 11) is -4.85. The van der Waals surface area contributed by atoms with Gasteiger partial charge >= 0.3 is 16.1 Å². The highest BCUT2D eigenvalue weighted by molar-refractivity contribution is 7.61. The molecule has 0 aromatic heterocycles. The number of hydrogen-bond acceptors (Lipinski definition) is 4. The van der Waals surface area contributed by atoms with E-state index in [0.717, 1.165) is 0 Å². The second-order valence-corrected chi connectivity index (χ2v) is 4.01. The maximum absolute atomic E-state index is 10.1. The lowest BCUT2D eigenvalue weighted by Gasteiger charge is -1.94. The molecule has 0 bridgehead atoms. The van der Waals surface area contributed by atoms with Crippen molar-refractivity contribution in [1.29, 1.82) is 0 Å². The third-order valence-corrected chi connectivity index (χ3v) is 2.76. The molecule has 8 heavy (non-hydrogen) atoms. The van der Waals surface area contributed by atoms with Gasteiger partial charge in [0.25, 0.3) is 0 Å². The van der Waals surface area contributed by atoms with E-state index in [0.29, 0.717) is 0 Å². The fourth-order valence-electron chi connectivity index (χ4n) is 0.110. The molecule has 0 aliphatic carbocycles. The second-order valence-electron chi connectivity index (χ2n) is 1.02. The molecule has 0 aliphatic rings. The zero-order valence-corrected chi connectivity index (χ0v) is 5.67. The summed E-state index contributed by atoms with van der Waals surface area (Å²) in [5, 5.41) is 7.58. The summed E-state index contributed by atoms with van der Waals surface area (Å²) in [5.41, 5.74) is 0. The van der Waals surface area contributed by atoms with Gasteiger partial charge in [-0.05, 0) is 0 Å². The normalized spacial score (nSPS) is 18.2. The van der Waals surface area contributed by atoms with E-state index in [2.05, 4.69) is 4.67 Å². The number of hydrogen-bond donors (Lipinski definition) is 2. The predicted molar refractivity (Wildman–Crippen MR) is 27.4 cm³/mol. The SMILES string of the molecule is O=[PH+]CP(=O)(O)OO. The summed E-state index contributed by atoms with van der Waals surface area (Å²) in [4.78, 5) is 8.21. The summed E-state index contributed by atoms with van der Waals surface area (Å²) < 4.78 is 22.8. The first kappa shape index (κ1) is 8.21. The first-order chi connectivity index (χ1) is 3.62. The van der Waals surface area contributed by atoms with Crippen LogP contribution in [-0.2, 0) is 13.8 Å². The van der Waals surface area contributed by atoms with Crippen molar-refractivity contribution in [1.82, 2.24) is 0 Å². The van der Waals surface area contributed by atoms with Crippen LogP contribution < -0.4 is 0 Å². The van der Waals surface area contributed by atoms with Gasteiger partial charge in [-0.2, -0.15) is 0 Å². The second kappa shape index (κ2) is 3.28. The van der Waals surface area contributed by atoms with Gasteiger partial charge in [0.05, 0.1) is 0 Å². The van der Waals surface area contributed by atoms with Crippen LogP contribution in [0.4, 0.5) is 0 Å². The molecule has 7 heteroatoms. The maximum Gasteiger partial charge on any atom is 0.402 e. The van der Waals surface area contributed by atoms with Gasteiger partial charge in [0, 0.05) is 0 Å². The Kier molecular flexibility index (Phi) is 3.36. The molecule has 0 amide bonds. The zero-order chi connectivity index (χ0) is 6.62. The van der Waals surface area contributed by atoms with E-state index in [-0.39, 0.29) is 0 Å². The Balaban J connectivity index is 3.72. The minimum absolute atomic E-state index is 0.524. The van der Waals surface area contributed by atoms with Gasteiger partial charge in [0.2, 0.25) is 5.90 Å². The highest BCUT2D eigenvalue weighted by atomic mass is 31.2. The Morgan fingerprint density at radius 2 is 2.25 bits per heavy atom. The summed E-state index contributed by atoms with van der Waals surface area (Å²) >= 11 is 0. The van der Waals surface area contributed by atoms with Crippen molar-refractivity contribution in [2.75, 3.05) is 5.90 Å². The summed E-state index contributed by atoms with van der Waals surface area (Å²) in [6, 6.07) is 0. The Hall–Kier alpha value is 0.210. The van der Waals surface area contributed by atoms with Crippen molar-refractivity contribution >= 4 is 16.1 Å². The lowest BCUT2D eigenvalue weighted by molar-refractivity contribution is -0.145. The molecule has 0 fully saturated rings. The van der Waals surface area contributed by atoms with Crippen molar-refractivity contribution in [3.63, 3.8) is 0 Å². The standard InChI is InChI=1S/CH4O5P2/c2-6-8(4,5)1-7-3/h2H,1H2,(H,4,5)/p+1. The molecule has 0 saturated carbocycles. The van der Waals surface area contributed by atoms with Crippen molar-refractivity contribution in [3.8, 4) is 0 Å². The van der Waals surface area contributed by atoms with Crippen LogP contribution in [0.5, 0.6) is 0 Å². The van der Waals surface area contributed by atoms with Crippen molar-refractivity contribution < 1.29 is 24.0 Å². The van der Waals surface area contributed by atoms with Gasteiger partial charge in [-0.15, -0.1) is 4.67 Å². The van der Waals surface area contributed by atoms with E-state index in [4.69, 9.17) is 10.2 Å². The topological polar surface area (TPSA) is 83.8 Å². The van der Waals surface area contributed by atoms with Crippen LogP contribution >= 0.6 is 16.1 Å². The van der Waals surface area contributed by atoms with Crippen molar-refractivity contribution in [2.45, 2.75) is 0 Å². The monoisotopic (exact) mass is 159 g/mol. The van der Waals surface area contributed by atoms with Crippen LogP contribution in [-0.4, -0.2) is 16.1 Å². The van der Waals surface area contributed by atoms with Crippen LogP contribution in [0.3, 0.4) is 0 Å². The molecular weight excluding hydrogens is 154 g/mol. The summed E-state index contributed by atoms with van der Waals surface area (Å²) in [5.74, 6) is -0.524. The lowest BCUT2D eigenvalue weighted by atomic mass is 11.9. The van der Waals surface area contributed by atoms with Gasteiger partial charge in [0.1, 0.15) is 0 Å². The average molecular weight is 159 g/mol. The third kappa shape index (κ3) is 3.24. The molecule has 2 N–H and O–H groups in total. The Labute approximate surface area is 47.0 Å². The molecule has 0 spiro atoms. The minimum Gasteiger partial charge on any atom is -0.320 e. The third-order valence-electron chi connectivity index (χ3n) is 0.392. The maximum atomic E-state index is 10.1. The molecule has 2 atom stereocenters. The Morgan fingerprint density at radius 1 is 1.75 bits per heavy atom. The van der Waals surface area contributed by atoms with E-state index in [1.807, 2.05) is 0 Å². The molecule has 0 radical (unpaired) electrons. The lowest BCUT2D eigenvalue weighted by Crippen LogP contribution is -1.82. The highest BCUT2D eigenvalue weighted by Crippen LogP contribution is 2.43. The van der Waals surface area contributed by atoms with Crippen LogP contribution in [0.2, 0.25) is 0 Å². The van der Waals surface area contributed by atoms with E-state index < -0.39 is 22.0 Å². The zero-order valence-electron chi connectivity index (χ0n) is 3.77. The quantitative estimate of drug-likeness (QED) is 0.358. The van der Waals surface area contributed by atoms with Crippen LogP contribution in [0.1, 0.15) is 0 Å². The van der Waals surface area contributed by atoms with Crippen molar-refractivity contribution in [3.05, 3.63) is 0 Å². The predicted octanol–water partition coefficient (Wildman–Crippen LogP) is 0.643. The molecule has 0 aromatic rings. The highest BCUT2D eigenvalue weighted by Gasteiger charge is 2.23. The van der Waals surface area contributed by atoms with Gasteiger partial charge in [-0.1, -0.05) is 4.57 Å². The van der Waals surface area contributed by atoms with E-state index >= 15 is 0 Å². The van der Waals surface area contributed by atoms with Crippen LogP contribution in [0.15, 0.2) is 0 Å². The van der Waals surface area contributed by atoms with Crippen LogP contribution in [0, 0.1) is 0 Å². The Bertz CT molecular complexity index is 120. The number of rotatable bonds is 3. The first-order valence-corrected chi connectivity index (χ1v) is 4.50. The van der Waals surface area contributed by atoms with Crippen LogP contribution in [0.25, 0.3) is 0 Å². The van der Waals surface area contributed by atoms with Crippen molar-refractivity contribution in [2.24, 2.45) is 0 Å². The smallest absolute Gasteiger partial charge is 0.320 e.